The van der Waals surface area contributed by atoms with Crippen molar-refractivity contribution < 1.29 is 4.79 Å². The van der Waals surface area contributed by atoms with E-state index in [1.165, 1.54) is 0 Å². The molecule has 0 spiro atoms. The Hall–Kier alpha value is -1.37. The molecule has 1 aromatic carbocycles. The molecule has 1 aliphatic carbocycles. The first-order valence-corrected chi connectivity index (χ1v) is 9.19. The fourth-order valence-corrected chi connectivity index (χ4v) is 4.30. The van der Waals surface area contributed by atoms with Gasteiger partial charge in [0.05, 0.1) is 16.9 Å². The Balaban J connectivity index is 0.00000182. The van der Waals surface area contributed by atoms with Crippen molar-refractivity contribution in [3.63, 3.8) is 0 Å². The van der Waals surface area contributed by atoms with Crippen LogP contribution < -0.4 is 5.73 Å². The van der Waals surface area contributed by atoms with E-state index in [0.29, 0.717) is 17.4 Å². The Morgan fingerprint density at radius 2 is 1.96 bits per heavy atom. The second-order valence-electron chi connectivity index (χ2n) is 6.92. The second-order valence-corrected chi connectivity index (χ2v) is 7.84. The summed E-state index contributed by atoms with van der Waals surface area (Å²) in [5, 5.41) is 4.52. The van der Waals surface area contributed by atoms with Gasteiger partial charge in [0.15, 0.2) is 0 Å². The van der Waals surface area contributed by atoms with E-state index >= 15 is 0 Å². The minimum atomic E-state index is 0. The first-order chi connectivity index (χ1) is 11.5. The van der Waals surface area contributed by atoms with E-state index in [1.807, 2.05) is 42.3 Å². The molecule has 1 saturated carbocycles. The number of carbonyl (C=O) groups excluding carboxylic acids is 1. The minimum Gasteiger partial charge on any atom is -0.338 e. The van der Waals surface area contributed by atoms with E-state index in [2.05, 4.69) is 21.0 Å². The van der Waals surface area contributed by atoms with Crippen molar-refractivity contribution in [2.24, 2.45) is 17.6 Å². The molecule has 2 aliphatic rings. The molecule has 3 unspecified atom stereocenters. The van der Waals surface area contributed by atoms with Gasteiger partial charge in [0.1, 0.15) is 0 Å². The number of nitrogens with zero attached hydrogens (tertiary/aromatic N) is 3. The zero-order valence-electron chi connectivity index (χ0n) is 14.1. The molecule has 0 bridgehead atoms. The van der Waals surface area contributed by atoms with Crippen molar-refractivity contribution in [3.8, 4) is 5.69 Å². The molecule has 7 heteroatoms. The number of rotatable bonds is 2. The van der Waals surface area contributed by atoms with Crippen LogP contribution in [-0.2, 0) is 0 Å². The van der Waals surface area contributed by atoms with Gasteiger partial charge in [-0.25, -0.2) is 4.68 Å². The molecule has 0 radical (unpaired) electrons. The highest BCUT2D eigenvalue weighted by atomic mass is 79.9. The van der Waals surface area contributed by atoms with Crippen LogP contribution in [-0.4, -0.2) is 39.7 Å². The standard InChI is InChI=1S/C18H21BrN4O.ClH/c1-11-15(10-23(21-11)14-5-3-13(19)4-6-14)18(24)22-8-12-2-7-17(20)16(12)9-22;/h3-6,10,12,16-17H,2,7-9,20H2,1H3;1H. The quantitative estimate of drug-likeness (QED) is 0.804. The van der Waals surface area contributed by atoms with Crippen LogP contribution in [0.5, 0.6) is 0 Å². The number of carbonyl (C=O) groups is 1. The molecular weight excluding hydrogens is 404 g/mol. The molecule has 1 saturated heterocycles. The Bertz CT molecular complexity index is 776. The molecule has 2 aromatic rings. The number of likely N-dealkylation sites (tertiary alicyclic amines) is 1. The third-order valence-electron chi connectivity index (χ3n) is 5.42. The van der Waals surface area contributed by atoms with Gasteiger partial charge in [0, 0.05) is 29.8 Å². The molecule has 1 aliphatic heterocycles. The molecule has 1 amide bonds. The maximum Gasteiger partial charge on any atom is 0.257 e. The van der Waals surface area contributed by atoms with Crippen LogP contribution in [0.3, 0.4) is 0 Å². The van der Waals surface area contributed by atoms with Crippen LogP contribution in [0, 0.1) is 18.8 Å². The summed E-state index contributed by atoms with van der Waals surface area (Å²) in [5.41, 5.74) is 8.58. The Kier molecular flexibility index (Phi) is 5.23. The third kappa shape index (κ3) is 3.35. The SMILES string of the molecule is Cc1nn(-c2ccc(Br)cc2)cc1C(=O)N1CC2CCC(N)C2C1.Cl. The van der Waals surface area contributed by atoms with Crippen LogP contribution in [0.2, 0.25) is 0 Å². The van der Waals surface area contributed by atoms with Crippen molar-refractivity contribution in [3.05, 3.63) is 46.2 Å². The summed E-state index contributed by atoms with van der Waals surface area (Å²) in [6.07, 6.45) is 4.08. The van der Waals surface area contributed by atoms with Gasteiger partial charge in [0.25, 0.3) is 5.91 Å². The van der Waals surface area contributed by atoms with E-state index < -0.39 is 0 Å². The molecule has 5 nitrogen and oxygen atoms in total. The number of hydrogen-bond donors (Lipinski definition) is 1. The summed E-state index contributed by atoms with van der Waals surface area (Å²) in [5.74, 6) is 1.12. The molecule has 2 fully saturated rings. The van der Waals surface area contributed by atoms with Crippen molar-refractivity contribution in [2.45, 2.75) is 25.8 Å². The first-order valence-electron chi connectivity index (χ1n) is 8.40. The minimum absolute atomic E-state index is 0. The van der Waals surface area contributed by atoms with Gasteiger partial charge in [-0.05, 0) is 55.9 Å². The van der Waals surface area contributed by atoms with Crippen molar-refractivity contribution >= 4 is 34.2 Å². The Morgan fingerprint density at radius 1 is 1.24 bits per heavy atom. The number of amides is 1. The number of nitrogens with two attached hydrogens (primary N) is 1. The number of aromatic nitrogens is 2. The zero-order chi connectivity index (χ0) is 16.8. The van der Waals surface area contributed by atoms with E-state index in [0.717, 1.165) is 41.8 Å². The van der Waals surface area contributed by atoms with Crippen molar-refractivity contribution in [1.29, 1.82) is 0 Å². The van der Waals surface area contributed by atoms with Gasteiger partial charge < -0.3 is 10.6 Å². The highest BCUT2D eigenvalue weighted by Gasteiger charge is 2.42. The molecular formula is C18H22BrClN4O. The van der Waals surface area contributed by atoms with Gasteiger partial charge in [0.2, 0.25) is 0 Å². The van der Waals surface area contributed by atoms with Crippen LogP contribution in [0.4, 0.5) is 0 Å². The van der Waals surface area contributed by atoms with Gasteiger partial charge in [-0.15, -0.1) is 12.4 Å². The number of benzene rings is 1. The highest BCUT2D eigenvalue weighted by molar-refractivity contribution is 9.10. The monoisotopic (exact) mass is 424 g/mol. The fraction of sp³-hybridized carbons (Fsp3) is 0.444. The fourth-order valence-electron chi connectivity index (χ4n) is 4.04. The molecule has 134 valence electrons. The van der Waals surface area contributed by atoms with E-state index in [4.69, 9.17) is 5.73 Å². The molecule has 2 heterocycles. The normalized spacial score (nSPS) is 24.9. The summed E-state index contributed by atoms with van der Waals surface area (Å²) >= 11 is 3.43. The van der Waals surface area contributed by atoms with Crippen LogP contribution in [0.1, 0.15) is 28.9 Å². The number of halogens is 2. The van der Waals surface area contributed by atoms with E-state index in [1.54, 1.807) is 4.68 Å². The summed E-state index contributed by atoms with van der Waals surface area (Å²) < 4.78 is 2.80. The summed E-state index contributed by atoms with van der Waals surface area (Å²) in [6.45, 7) is 3.51. The van der Waals surface area contributed by atoms with Crippen molar-refractivity contribution in [1.82, 2.24) is 14.7 Å². The average Bonchev–Trinajstić information content (AvgIpc) is 3.24. The average molecular weight is 426 g/mol. The Labute approximate surface area is 162 Å². The number of hydrogen-bond acceptors (Lipinski definition) is 3. The van der Waals surface area contributed by atoms with Gasteiger partial charge in [-0.1, -0.05) is 15.9 Å². The van der Waals surface area contributed by atoms with Crippen molar-refractivity contribution in [2.75, 3.05) is 13.1 Å². The van der Waals surface area contributed by atoms with Crippen LogP contribution in [0.15, 0.2) is 34.9 Å². The molecule has 4 rings (SSSR count). The molecule has 1 aromatic heterocycles. The maximum absolute atomic E-state index is 12.9. The number of aryl methyl sites for hydroxylation is 1. The van der Waals surface area contributed by atoms with E-state index in [-0.39, 0.29) is 24.4 Å². The molecule has 3 atom stereocenters. The van der Waals surface area contributed by atoms with Crippen LogP contribution in [0.25, 0.3) is 5.69 Å². The number of fused-ring (bicyclic) bond motifs is 1. The predicted molar refractivity (Wildman–Crippen MR) is 103 cm³/mol. The van der Waals surface area contributed by atoms with Gasteiger partial charge in [-0.2, -0.15) is 5.10 Å². The highest BCUT2D eigenvalue weighted by Crippen LogP contribution is 2.37. The summed E-state index contributed by atoms with van der Waals surface area (Å²) in [6, 6.07) is 8.14. The maximum atomic E-state index is 12.9. The first kappa shape index (κ1) is 18.4. The Morgan fingerprint density at radius 3 is 2.64 bits per heavy atom. The lowest BCUT2D eigenvalue weighted by Crippen LogP contribution is -2.33. The molecule has 25 heavy (non-hydrogen) atoms. The van der Waals surface area contributed by atoms with Crippen LogP contribution >= 0.6 is 28.3 Å². The predicted octanol–water partition coefficient (Wildman–Crippen LogP) is 3.17. The van der Waals surface area contributed by atoms with Gasteiger partial charge in [-0.3, -0.25) is 4.79 Å². The summed E-state index contributed by atoms with van der Waals surface area (Å²) in [4.78, 5) is 14.9. The lowest BCUT2D eigenvalue weighted by Gasteiger charge is -2.18. The lowest BCUT2D eigenvalue weighted by molar-refractivity contribution is 0.0779. The zero-order valence-corrected chi connectivity index (χ0v) is 16.5. The van der Waals surface area contributed by atoms with E-state index in [9.17, 15) is 4.79 Å². The second kappa shape index (κ2) is 7.09. The summed E-state index contributed by atoms with van der Waals surface area (Å²) in [7, 11) is 0. The largest absolute Gasteiger partial charge is 0.338 e. The lowest BCUT2D eigenvalue weighted by atomic mass is 9.98. The third-order valence-corrected chi connectivity index (χ3v) is 5.95. The molecule has 2 N–H and O–H groups in total. The smallest absolute Gasteiger partial charge is 0.257 e. The van der Waals surface area contributed by atoms with Gasteiger partial charge >= 0.3 is 0 Å². The topological polar surface area (TPSA) is 64.2 Å².